The van der Waals surface area contributed by atoms with E-state index in [0.29, 0.717) is 26.2 Å². The third-order valence-electron chi connectivity index (χ3n) is 2.75. The van der Waals surface area contributed by atoms with Gasteiger partial charge in [0.2, 0.25) is 0 Å². The third-order valence-corrected chi connectivity index (χ3v) is 2.75. The van der Waals surface area contributed by atoms with E-state index in [1.165, 1.54) is 0 Å². The van der Waals surface area contributed by atoms with Crippen LogP contribution in [0.5, 0.6) is 0 Å². The maximum absolute atomic E-state index is 11.9. The van der Waals surface area contributed by atoms with Crippen molar-refractivity contribution in [1.82, 2.24) is 10.3 Å². The number of nitrogens with one attached hydrogen (secondary N) is 1. The number of rotatable bonds is 9. The van der Waals surface area contributed by atoms with Gasteiger partial charge in [0.15, 0.2) is 0 Å². The van der Waals surface area contributed by atoms with Crippen LogP contribution in [-0.4, -0.2) is 35.6 Å². The van der Waals surface area contributed by atoms with Crippen molar-refractivity contribution in [2.75, 3.05) is 25.5 Å². The van der Waals surface area contributed by atoms with Crippen LogP contribution in [0.25, 0.3) is 0 Å². The molecule has 0 aliphatic heterocycles. The van der Waals surface area contributed by atoms with Crippen LogP contribution in [0.4, 0.5) is 11.5 Å². The average molecular weight is 296 g/mol. The number of nitro groups is 1. The summed E-state index contributed by atoms with van der Waals surface area (Å²) in [6, 6.07) is 1.12. The van der Waals surface area contributed by atoms with E-state index in [-0.39, 0.29) is 17.1 Å². The Labute approximate surface area is 122 Å². The number of carbonyl (C=O) groups is 1. The lowest BCUT2D eigenvalue weighted by molar-refractivity contribution is -0.385. The molecule has 0 aliphatic rings. The predicted octanol–water partition coefficient (Wildman–Crippen LogP) is 1.51. The first-order valence-corrected chi connectivity index (χ1v) is 6.82. The molecule has 0 atom stereocenters. The zero-order chi connectivity index (χ0) is 15.7. The van der Waals surface area contributed by atoms with Crippen LogP contribution in [0.3, 0.4) is 0 Å². The van der Waals surface area contributed by atoms with E-state index in [1.54, 1.807) is 0 Å². The van der Waals surface area contributed by atoms with Gasteiger partial charge in [0, 0.05) is 25.8 Å². The summed E-state index contributed by atoms with van der Waals surface area (Å²) in [5.41, 5.74) is 5.30. The van der Waals surface area contributed by atoms with Crippen molar-refractivity contribution < 1.29 is 14.5 Å². The van der Waals surface area contributed by atoms with Crippen LogP contribution in [0.2, 0.25) is 0 Å². The van der Waals surface area contributed by atoms with Crippen LogP contribution in [0.15, 0.2) is 12.3 Å². The molecule has 0 aliphatic carbocycles. The first kappa shape index (κ1) is 16.8. The number of aromatic nitrogens is 1. The van der Waals surface area contributed by atoms with Crippen molar-refractivity contribution in [3.8, 4) is 0 Å². The second-order valence-electron chi connectivity index (χ2n) is 4.46. The Morgan fingerprint density at radius 3 is 2.86 bits per heavy atom. The predicted molar refractivity (Wildman–Crippen MR) is 78.0 cm³/mol. The summed E-state index contributed by atoms with van der Waals surface area (Å²) >= 11 is 0. The number of unbranched alkanes of at least 4 members (excludes halogenated alkanes) is 1. The number of ether oxygens (including phenoxy) is 1. The minimum absolute atomic E-state index is 0.0103. The molecular weight excluding hydrogens is 276 g/mol. The van der Waals surface area contributed by atoms with Crippen LogP contribution < -0.4 is 11.1 Å². The molecule has 0 spiro atoms. The van der Waals surface area contributed by atoms with Gasteiger partial charge in [0.1, 0.15) is 12.0 Å². The molecule has 1 heterocycles. The Bertz CT molecular complexity index is 493. The molecule has 0 saturated carbocycles. The van der Waals surface area contributed by atoms with Gasteiger partial charge in [-0.1, -0.05) is 13.3 Å². The molecule has 8 nitrogen and oxygen atoms in total. The zero-order valence-electron chi connectivity index (χ0n) is 12.0. The van der Waals surface area contributed by atoms with E-state index >= 15 is 0 Å². The quantitative estimate of drug-likeness (QED) is 0.405. The molecule has 116 valence electrons. The Kier molecular flexibility index (Phi) is 7.10. The van der Waals surface area contributed by atoms with E-state index < -0.39 is 10.8 Å². The van der Waals surface area contributed by atoms with Gasteiger partial charge in [-0.25, -0.2) is 4.98 Å². The molecule has 21 heavy (non-hydrogen) atoms. The molecule has 1 aromatic heterocycles. The molecular formula is C13H20N4O4. The smallest absolute Gasteiger partial charge is 0.288 e. The molecule has 0 unspecified atom stereocenters. The number of pyridine rings is 1. The third kappa shape index (κ3) is 5.74. The lowest BCUT2D eigenvalue weighted by Gasteiger charge is -2.07. The fraction of sp³-hybridized carbons (Fsp3) is 0.538. The van der Waals surface area contributed by atoms with Crippen LogP contribution in [0, 0.1) is 10.1 Å². The minimum Gasteiger partial charge on any atom is -0.383 e. The molecule has 0 saturated heterocycles. The number of amides is 1. The fourth-order valence-electron chi connectivity index (χ4n) is 1.57. The summed E-state index contributed by atoms with van der Waals surface area (Å²) in [4.78, 5) is 25.6. The molecule has 1 aromatic rings. The standard InChI is InChI=1S/C13H20N4O4/c1-2-3-6-21-7-4-5-15-13(18)11-8-10(17(19)20)9-16-12(11)14/h8-9H,2-7H2,1H3,(H2,14,16)(H,15,18). The van der Waals surface area contributed by atoms with E-state index in [9.17, 15) is 14.9 Å². The molecule has 0 aromatic carbocycles. The highest BCUT2D eigenvalue weighted by Crippen LogP contribution is 2.16. The van der Waals surface area contributed by atoms with Gasteiger partial charge in [0.25, 0.3) is 11.6 Å². The highest BCUT2D eigenvalue weighted by atomic mass is 16.6. The summed E-state index contributed by atoms with van der Waals surface area (Å²) in [5, 5.41) is 13.3. The number of hydrogen-bond acceptors (Lipinski definition) is 6. The van der Waals surface area contributed by atoms with Crippen molar-refractivity contribution in [2.24, 2.45) is 0 Å². The van der Waals surface area contributed by atoms with Crippen LogP contribution >= 0.6 is 0 Å². The van der Waals surface area contributed by atoms with Gasteiger partial charge in [-0.3, -0.25) is 14.9 Å². The van der Waals surface area contributed by atoms with Crippen LogP contribution in [-0.2, 0) is 4.74 Å². The van der Waals surface area contributed by atoms with Crippen LogP contribution in [0.1, 0.15) is 36.5 Å². The summed E-state index contributed by atoms with van der Waals surface area (Å²) in [6.07, 6.45) is 3.78. The van der Waals surface area contributed by atoms with E-state index in [4.69, 9.17) is 10.5 Å². The first-order chi connectivity index (χ1) is 10.1. The van der Waals surface area contributed by atoms with Crippen molar-refractivity contribution in [3.05, 3.63) is 27.9 Å². The van der Waals surface area contributed by atoms with E-state index in [0.717, 1.165) is 25.1 Å². The average Bonchev–Trinajstić information content (AvgIpc) is 2.46. The number of carbonyl (C=O) groups excluding carboxylic acids is 1. The van der Waals surface area contributed by atoms with Crippen molar-refractivity contribution in [3.63, 3.8) is 0 Å². The summed E-state index contributed by atoms with van der Waals surface area (Å²) < 4.78 is 5.36. The Morgan fingerprint density at radius 2 is 2.19 bits per heavy atom. The number of anilines is 1. The second kappa shape index (κ2) is 8.85. The Balaban J connectivity index is 2.41. The highest BCUT2D eigenvalue weighted by molar-refractivity contribution is 5.98. The van der Waals surface area contributed by atoms with Crippen molar-refractivity contribution in [1.29, 1.82) is 0 Å². The monoisotopic (exact) mass is 296 g/mol. The van der Waals surface area contributed by atoms with Gasteiger partial charge < -0.3 is 15.8 Å². The van der Waals surface area contributed by atoms with Gasteiger partial charge in [-0.15, -0.1) is 0 Å². The van der Waals surface area contributed by atoms with E-state index in [1.807, 2.05) is 0 Å². The molecule has 1 rings (SSSR count). The number of nitrogens with zero attached hydrogens (tertiary/aromatic N) is 2. The summed E-state index contributed by atoms with van der Waals surface area (Å²) in [5.74, 6) is -0.505. The molecule has 1 amide bonds. The first-order valence-electron chi connectivity index (χ1n) is 6.82. The number of nitrogens with two attached hydrogens (primary N) is 1. The fourth-order valence-corrected chi connectivity index (χ4v) is 1.57. The second-order valence-corrected chi connectivity index (χ2v) is 4.46. The van der Waals surface area contributed by atoms with Gasteiger partial charge >= 0.3 is 0 Å². The maximum atomic E-state index is 11.9. The molecule has 0 radical (unpaired) electrons. The number of hydrogen-bond donors (Lipinski definition) is 2. The molecule has 0 bridgehead atoms. The van der Waals surface area contributed by atoms with Gasteiger partial charge in [-0.2, -0.15) is 0 Å². The number of nitrogen functional groups attached to an aromatic ring is 1. The topological polar surface area (TPSA) is 120 Å². The lowest BCUT2D eigenvalue weighted by Crippen LogP contribution is -2.26. The SMILES string of the molecule is CCCCOCCCNC(=O)c1cc([N+](=O)[O-])cnc1N. The largest absolute Gasteiger partial charge is 0.383 e. The lowest BCUT2D eigenvalue weighted by atomic mass is 10.2. The van der Waals surface area contributed by atoms with Gasteiger partial charge in [-0.05, 0) is 12.8 Å². The minimum atomic E-state index is -0.620. The van der Waals surface area contributed by atoms with Crippen molar-refractivity contribution >= 4 is 17.4 Å². The zero-order valence-corrected chi connectivity index (χ0v) is 12.0. The Hall–Kier alpha value is -2.22. The Morgan fingerprint density at radius 1 is 1.48 bits per heavy atom. The van der Waals surface area contributed by atoms with Gasteiger partial charge in [0.05, 0.1) is 10.5 Å². The normalized spacial score (nSPS) is 10.3. The highest BCUT2D eigenvalue weighted by Gasteiger charge is 2.16. The van der Waals surface area contributed by atoms with Crippen molar-refractivity contribution in [2.45, 2.75) is 26.2 Å². The summed E-state index contributed by atoms with van der Waals surface area (Å²) in [7, 11) is 0. The molecule has 3 N–H and O–H groups in total. The molecule has 0 fully saturated rings. The molecule has 8 heteroatoms. The summed E-state index contributed by atoms with van der Waals surface area (Å²) in [6.45, 7) is 3.77. The van der Waals surface area contributed by atoms with E-state index in [2.05, 4.69) is 17.2 Å². The maximum Gasteiger partial charge on any atom is 0.288 e.